The molecule has 0 bridgehead atoms. The molecule has 3 aromatic rings. The normalized spacial score (nSPS) is 12.2. The van der Waals surface area contributed by atoms with Crippen molar-refractivity contribution in [1.29, 1.82) is 0 Å². The van der Waals surface area contributed by atoms with E-state index in [-0.39, 0.29) is 5.69 Å². The molecule has 0 saturated heterocycles. The first-order chi connectivity index (χ1) is 12.0. The maximum absolute atomic E-state index is 11.5. The van der Waals surface area contributed by atoms with Gasteiger partial charge in [-0.25, -0.2) is 0 Å². The fourth-order valence-electron chi connectivity index (χ4n) is 2.83. The van der Waals surface area contributed by atoms with Crippen LogP contribution in [0.5, 0.6) is 0 Å². The molecule has 1 heterocycles. The second-order valence-electron chi connectivity index (χ2n) is 5.85. The number of nitrogens with two attached hydrogens (primary N) is 1. The van der Waals surface area contributed by atoms with E-state index in [2.05, 4.69) is 4.98 Å². The summed E-state index contributed by atoms with van der Waals surface area (Å²) in [7, 11) is 0. The highest BCUT2D eigenvalue weighted by atomic mass is 16.6. The number of para-hydroxylation sites is 1. The van der Waals surface area contributed by atoms with Crippen LogP contribution in [0.15, 0.2) is 54.7 Å². The van der Waals surface area contributed by atoms with E-state index in [0.717, 1.165) is 22.0 Å². The number of carbonyl (C=O) groups excluding carboxylic acids is 1. The molecule has 25 heavy (non-hydrogen) atoms. The van der Waals surface area contributed by atoms with Crippen molar-refractivity contribution in [3.63, 3.8) is 0 Å². The number of nitro benzene ring substituents is 1. The van der Waals surface area contributed by atoms with Crippen LogP contribution >= 0.6 is 0 Å². The number of H-pyrrole nitrogens is 1. The van der Waals surface area contributed by atoms with E-state index in [1.54, 1.807) is 17.4 Å². The molecule has 1 atom stereocenters. The van der Waals surface area contributed by atoms with Gasteiger partial charge in [0.05, 0.1) is 10.9 Å². The van der Waals surface area contributed by atoms with E-state index in [4.69, 9.17) is 0 Å². The predicted molar refractivity (Wildman–Crippen MR) is 89.5 cm³/mol. The monoisotopic (exact) mass is 339 g/mol. The number of aromatic nitrogens is 1. The van der Waals surface area contributed by atoms with Crippen LogP contribution in [0.25, 0.3) is 10.9 Å². The van der Waals surface area contributed by atoms with E-state index < -0.39 is 16.9 Å². The molecule has 7 nitrogen and oxygen atoms in total. The average molecular weight is 339 g/mol. The highest BCUT2D eigenvalue weighted by Crippen LogP contribution is 2.18. The van der Waals surface area contributed by atoms with Crippen molar-refractivity contribution >= 4 is 22.6 Å². The number of aliphatic carboxylic acids is 1. The van der Waals surface area contributed by atoms with Crippen LogP contribution in [0.2, 0.25) is 0 Å². The molecule has 128 valence electrons. The molecule has 0 aliphatic rings. The third kappa shape index (κ3) is 3.84. The third-order valence-electron chi connectivity index (χ3n) is 4.20. The molecule has 7 heteroatoms. The zero-order valence-electron chi connectivity index (χ0n) is 13.3. The molecule has 0 aliphatic carbocycles. The summed E-state index contributed by atoms with van der Waals surface area (Å²) in [4.78, 5) is 24.8. The Hall–Kier alpha value is -3.19. The van der Waals surface area contributed by atoms with E-state index in [0.29, 0.717) is 13.0 Å². The Labute approximate surface area is 143 Å². The summed E-state index contributed by atoms with van der Waals surface area (Å²) in [5.41, 5.74) is 2.71. The van der Waals surface area contributed by atoms with Crippen LogP contribution in [0.4, 0.5) is 5.69 Å². The fourth-order valence-corrected chi connectivity index (χ4v) is 2.83. The molecule has 3 N–H and O–H groups in total. The molecule has 3 rings (SSSR count). The van der Waals surface area contributed by atoms with Crippen molar-refractivity contribution in [2.75, 3.05) is 0 Å². The van der Waals surface area contributed by atoms with Gasteiger partial charge in [0.1, 0.15) is 12.6 Å². The van der Waals surface area contributed by atoms with Gasteiger partial charge >= 0.3 is 0 Å². The van der Waals surface area contributed by atoms with E-state index in [1.165, 1.54) is 12.1 Å². The highest BCUT2D eigenvalue weighted by Gasteiger charge is 2.17. The third-order valence-corrected chi connectivity index (χ3v) is 4.20. The lowest BCUT2D eigenvalue weighted by Crippen LogP contribution is -2.92. The second-order valence-corrected chi connectivity index (χ2v) is 5.85. The van der Waals surface area contributed by atoms with Crippen LogP contribution in [0.3, 0.4) is 0 Å². The van der Waals surface area contributed by atoms with Crippen LogP contribution in [-0.4, -0.2) is 21.9 Å². The Morgan fingerprint density at radius 3 is 2.56 bits per heavy atom. The molecular weight excluding hydrogens is 322 g/mol. The van der Waals surface area contributed by atoms with E-state index >= 15 is 0 Å². The predicted octanol–water partition coefficient (Wildman–Crippen LogP) is 0.501. The van der Waals surface area contributed by atoms with E-state index in [1.807, 2.05) is 30.5 Å². The number of hydrogen-bond donors (Lipinski definition) is 2. The smallest absolute Gasteiger partial charge is 0.269 e. The zero-order chi connectivity index (χ0) is 17.8. The number of nitro groups is 1. The van der Waals surface area contributed by atoms with Gasteiger partial charge in [0.15, 0.2) is 0 Å². The number of quaternary nitrogens is 1. The first kappa shape index (κ1) is 16.7. The maximum Gasteiger partial charge on any atom is 0.269 e. The van der Waals surface area contributed by atoms with Gasteiger partial charge in [-0.3, -0.25) is 10.1 Å². The SMILES string of the molecule is O=C([O-])[C@H](Cc1c[nH]c2ccccc12)[NH2+]Cc1ccc([N+](=O)[O-])cc1. The van der Waals surface area contributed by atoms with Gasteiger partial charge in [-0.2, -0.15) is 0 Å². The lowest BCUT2D eigenvalue weighted by molar-refractivity contribution is -0.698. The number of nitrogens with one attached hydrogen (secondary N) is 1. The number of hydrogen-bond acceptors (Lipinski definition) is 4. The summed E-state index contributed by atoms with van der Waals surface area (Å²) in [6.07, 6.45) is 2.15. The number of nitrogens with zero attached hydrogens (tertiary/aromatic N) is 1. The summed E-state index contributed by atoms with van der Waals surface area (Å²) in [6.45, 7) is 0.402. The Morgan fingerprint density at radius 1 is 1.16 bits per heavy atom. The minimum absolute atomic E-state index is 0.0130. The Morgan fingerprint density at radius 2 is 1.88 bits per heavy atom. The second kappa shape index (κ2) is 7.14. The summed E-state index contributed by atoms with van der Waals surface area (Å²) in [5, 5.41) is 24.8. The van der Waals surface area contributed by atoms with Crippen molar-refractivity contribution in [1.82, 2.24) is 4.98 Å². The molecule has 2 aromatic carbocycles. The molecule has 0 unspecified atom stereocenters. The molecular formula is C18H17N3O4. The summed E-state index contributed by atoms with van der Waals surface area (Å²) >= 11 is 0. The highest BCUT2D eigenvalue weighted by molar-refractivity contribution is 5.83. The average Bonchev–Trinajstić information content (AvgIpc) is 3.01. The van der Waals surface area contributed by atoms with Crippen molar-refractivity contribution in [2.24, 2.45) is 0 Å². The molecule has 0 saturated carbocycles. The number of aromatic amines is 1. The summed E-state index contributed by atoms with van der Waals surface area (Å²) in [6, 6.07) is 13.1. The van der Waals surface area contributed by atoms with Gasteiger partial charge in [0.2, 0.25) is 0 Å². The Bertz CT molecular complexity index is 902. The zero-order valence-corrected chi connectivity index (χ0v) is 13.3. The number of benzene rings is 2. The Kier molecular flexibility index (Phi) is 4.76. The molecule has 0 aliphatic heterocycles. The number of non-ortho nitro benzene ring substituents is 1. The largest absolute Gasteiger partial charge is 0.544 e. The van der Waals surface area contributed by atoms with Crippen LogP contribution in [-0.2, 0) is 17.8 Å². The molecule has 0 amide bonds. The van der Waals surface area contributed by atoms with Crippen LogP contribution in [0.1, 0.15) is 11.1 Å². The van der Waals surface area contributed by atoms with Gasteiger partial charge in [-0.1, -0.05) is 18.2 Å². The number of carboxylic acids is 1. The summed E-state index contributed by atoms with van der Waals surface area (Å²) < 4.78 is 0. The molecule has 1 aromatic heterocycles. The van der Waals surface area contributed by atoms with Gasteiger partial charge < -0.3 is 20.2 Å². The van der Waals surface area contributed by atoms with E-state index in [9.17, 15) is 20.0 Å². The number of rotatable bonds is 7. The minimum Gasteiger partial charge on any atom is -0.544 e. The van der Waals surface area contributed by atoms with Crippen molar-refractivity contribution < 1.29 is 20.1 Å². The van der Waals surface area contributed by atoms with Crippen LogP contribution in [0, 0.1) is 10.1 Å². The molecule has 0 spiro atoms. The Balaban J connectivity index is 1.69. The van der Waals surface area contributed by atoms with Gasteiger partial charge in [-0.05, 0) is 23.8 Å². The lowest BCUT2D eigenvalue weighted by atomic mass is 10.0. The van der Waals surface area contributed by atoms with Gasteiger partial charge in [0.25, 0.3) is 5.69 Å². The topological polar surface area (TPSA) is 116 Å². The number of carbonyl (C=O) groups is 1. The molecule has 0 fully saturated rings. The lowest BCUT2D eigenvalue weighted by Gasteiger charge is -2.16. The van der Waals surface area contributed by atoms with Crippen molar-refractivity contribution in [3.8, 4) is 0 Å². The van der Waals surface area contributed by atoms with Crippen molar-refractivity contribution in [2.45, 2.75) is 19.0 Å². The number of fused-ring (bicyclic) bond motifs is 1. The summed E-state index contributed by atoms with van der Waals surface area (Å²) in [5.74, 6) is -1.13. The molecule has 0 radical (unpaired) electrons. The van der Waals surface area contributed by atoms with Crippen molar-refractivity contribution in [3.05, 3.63) is 76.0 Å². The maximum atomic E-state index is 11.5. The standard InChI is InChI=1S/C18H17N3O4/c22-18(23)17(9-13-11-20-16-4-2-1-3-15(13)16)19-10-12-5-7-14(8-6-12)21(24)25/h1-8,11,17,19-20H,9-10H2,(H,22,23)/t17-/m0/s1. The first-order valence-electron chi connectivity index (χ1n) is 7.87. The quantitative estimate of drug-likeness (QED) is 0.481. The van der Waals surface area contributed by atoms with Gasteiger partial charge in [0, 0.05) is 41.2 Å². The fraction of sp³-hybridized carbons (Fsp3) is 0.167. The van der Waals surface area contributed by atoms with Gasteiger partial charge in [-0.15, -0.1) is 0 Å². The first-order valence-corrected chi connectivity index (χ1v) is 7.87. The number of carboxylic acid groups (broad SMARTS) is 1. The minimum atomic E-state index is -1.13. The van der Waals surface area contributed by atoms with Crippen LogP contribution < -0.4 is 10.4 Å².